The first-order chi connectivity index (χ1) is 19.3. The fourth-order valence-electron chi connectivity index (χ4n) is 5.35. The molecule has 0 N–H and O–H groups in total. The Labute approximate surface area is 250 Å². The topological polar surface area (TPSA) is 52.6 Å². The molecular formula is C36H70O4. The van der Waals surface area contributed by atoms with Crippen LogP contribution in [0.25, 0.3) is 0 Å². The van der Waals surface area contributed by atoms with Crippen LogP contribution in [-0.2, 0) is 19.1 Å². The van der Waals surface area contributed by atoms with Crippen molar-refractivity contribution >= 4 is 11.9 Å². The van der Waals surface area contributed by atoms with Crippen LogP contribution in [0.5, 0.6) is 0 Å². The minimum absolute atomic E-state index is 0.00293. The fourth-order valence-corrected chi connectivity index (χ4v) is 5.35. The highest BCUT2D eigenvalue weighted by molar-refractivity contribution is 5.69. The molecule has 0 spiro atoms. The molecule has 0 aromatic heterocycles. The molecule has 0 aromatic carbocycles. The maximum Gasteiger partial charge on any atom is 0.305 e. The van der Waals surface area contributed by atoms with Gasteiger partial charge in [-0.15, -0.1) is 0 Å². The molecule has 1 unspecified atom stereocenters. The highest BCUT2D eigenvalue weighted by Gasteiger charge is 2.10. The minimum Gasteiger partial charge on any atom is -0.466 e. The van der Waals surface area contributed by atoms with Gasteiger partial charge >= 0.3 is 11.9 Å². The number of hydrogen-bond acceptors (Lipinski definition) is 4. The second kappa shape index (κ2) is 29.4. The lowest BCUT2D eigenvalue weighted by Crippen LogP contribution is -2.09. The van der Waals surface area contributed by atoms with Crippen molar-refractivity contribution in [1.82, 2.24) is 0 Å². The molecule has 0 aliphatic rings. The molecule has 238 valence electrons. The molecule has 40 heavy (non-hydrogen) atoms. The molecule has 0 heterocycles. The van der Waals surface area contributed by atoms with Gasteiger partial charge in [-0.1, -0.05) is 137 Å². The summed E-state index contributed by atoms with van der Waals surface area (Å²) in [6.45, 7) is 12.4. The van der Waals surface area contributed by atoms with Crippen molar-refractivity contribution in [1.29, 1.82) is 0 Å². The smallest absolute Gasteiger partial charge is 0.305 e. The summed E-state index contributed by atoms with van der Waals surface area (Å²) in [7, 11) is 0. The van der Waals surface area contributed by atoms with Gasteiger partial charge in [-0.25, -0.2) is 0 Å². The Hall–Kier alpha value is -1.06. The van der Waals surface area contributed by atoms with Crippen LogP contribution in [0.2, 0.25) is 0 Å². The maximum absolute atomic E-state index is 12.0. The van der Waals surface area contributed by atoms with Crippen molar-refractivity contribution in [2.75, 3.05) is 13.2 Å². The van der Waals surface area contributed by atoms with Gasteiger partial charge in [-0.2, -0.15) is 0 Å². The molecule has 4 nitrogen and oxygen atoms in total. The van der Waals surface area contributed by atoms with Crippen molar-refractivity contribution in [2.45, 2.75) is 189 Å². The highest BCUT2D eigenvalue weighted by atomic mass is 16.5. The first-order valence-corrected chi connectivity index (χ1v) is 17.7. The molecule has 0 aliphatic carbocycles. The normalized spacial score (nSPS) is 12.3. The first-order valence-electron chi connectivity index (χ1n) is 17.7. The van der Waals surface area contributed by atoms with E-state index in [0.29, 0.717) is 32.0 Å². The van der Waals surface area contributed by atoms with Gasteiger partial charge in [0.1, 0.15) is 0 Å². The van der Waals surface area contributed by atoms with Crippen molar-refractivity contribution in [3.63, 3.8) is 0 Å². The Morgan fingerprint density at radius 3 is 1.25 bits per heavy atom. The summed E-state index contributed by atoms with van der Waals surface area (Å²) >= 11 is 0. The maximum atomic E-state index is 12.0. The number of hydrogen-bond donors (Lipinski definition) is 0. The van der Waals surface area contributed by atoms with E-state index in [9.17, 15) is 9.59 Å². The van der Waals surface area contributed by atoms with Crippen LogP contribution in [0.4, 0.5) is 0 Å². The number of unbranched alkanes of at least 4 members (excludes halogenated alkanes) is 14. The van der Waals surface area contributed by atoms with Crippen molar-refractivity contribution in [3.05, 3.63) is 0 Å². The highest BCUT2D eigenvalue weighted by Crippen LogP contribution is 2.21. The zero-order valence-electron chi connectivity index (χ0n) is 27.7. The number of carbonyl (C=O) groups excluding carboxylic acids is 2. The molecule has 0 aromatic rings. The second-order valence-electron chi connectivity index (χ2n) is 13.2. The Bertz CT molecular complexity index is 557. The van der Waals surface area contributed by atoms with Crippen LogP contribution < -0.4 is 0 Å². The molecule has 0 saturated heterocycles. The third-order valence-corrected chi connectivity index (χ3v) is 8.21. The molecule has 0 bridgehead atoms. The van der Waals surface area contributed by atoms with E-state index in [4.69, 9.17) is 9.47 Å². The van der Waals surface area contributed by atoms with Crippen molar-refractivity contribution < 1.29 is 19.1 Å². The number of esters is 2. The zero-order chi connectivity index (χ0) is 29.7. The molecule has 0 aliphatic heterocycles. The first kappa shape index (κ1) is 38.9. The van der Waals surface area contributed by atoms with Crippen LogP contribution in [0.3, 0.4) is 0 Å². The molecule has 0 fully saturated rings. The van der Waals surface area contributed by atoms with Crippen LogP contribution in [0.15, 0.2) is 0 Å². The monoisotopic (exact) mass is 567 g/mol. The average molecular weight is 567 g/mol. The quantitative estimate of drug-likeness (QED) is 0.0641. The summed E-state index contributed by atoms with van der Waals surface area (Å²) in [6.07, 6.45) is 28.2. The van der Waals surface area contributed by atoms with E-state index in [1.54, 1.807) is 0 Å². The van der Waals surface area contributed by atoms with E-state index < -0.39 is 0 Å². The van der Waals surface area contributed by atoms with Gasteiger partial charge in [-0.3, -0.25) is 9.59 Å². The molecular weight excluding hydrogens is 496 g/mol. The summed E-state index contributed by atoms with van der Waals surface area (Å²) in [5.41, 5.74) is 0. The van der Waals surface area contributed by atoms with Gasteiger partial charge in [0.25, 0.3) is 0 Å². The molecule has 0 saturated carbocycles. The lowest BCUT2D eigenvalue weighted by molar-refractivity contribution is -0.145. The number of ether oxygens (including phenoxy) is 2. The fraction of sp³-hybridized carbons (Fsp3) is 0.944. The van der Waals surface area contributed by atoms with E-state index in [1.165, 1.54) is 96.3 Å². The van der Waals surface area contributed by atoms with E-state index in [-0.39, 0.29) is 11.9 Å². The summed E-state index contributed by atoms with van der Waals surface area (Å²) in [6, 6.07) is 0. The van der Waals surface area contributed by atoms with E-state index in [2.05, 4.69) is 34.6 Å². The molecule has 4 heteroatoms. The van der Waals surface area contributed by atoms with Gasteiger partial charge in [0.15, 0.2) is 0 Å². The van der Waals surface area contributed by atoms with Gasteiger partial charge in [0, 0.05) is 12.8 Å². The minimum atomic E-state index is -0.00473. The summed E-state index contributed by atoms with van der Waals surface area (Å²) in [4.78, 5) is 23.8. The number of rotatable bonds is 30. The zero-order valence-corrected chi connectivity index (χ0v) is 27.7. The Balaban J connectivity index is 3.39. The largest absolute Gasteiger partial charge is 0.466 e. The van der Waals surface area contributed by atoms with Gasteiger partial charge < -0.3 is 9.47 Å². The van der Waals surface area contributed by atoms with Crippen LogP contribution in [-0.4, -0.2) is 25.2 Å². The molecule has 1 atom stereocenters. The van der Waals surface area contributed by atoms with E-state index in [0.717, 1.165) is 56.8 Å². The van der Waals surface area contributed by atoms with E-state index in [1.807, 2.05) is 0 Å². The van der Waals surface area contributed by atoms with Crippen LogP contribution in [0, 0.1) is 17.8 Å². The Kier molecular flexibility index (Phi) is 28.7. The summed E-state index contributed by atoms with van der Waals surface area (Å²) < 4.78 is 10.8. The SMILES string of the molecule is CCC(CCCCCCCCCCCCCCCC(=O)OCCCCC(C)C)CCC(=O)OCCCCC(C)C. The predicted octanol–water partition coefficient (Wildman–Crippen LogP) is 11.4. The van der Waals surface area contributed by atoms with Crippen LogP contribution in [0.1, 0.15) is 189 Å². The van der Waals surface area contributed by atoms with Crippen molar-refractivity contribution in [3.8, 4) is 0 Å². The van der Waals surface area contributed by atoms with Gasteiger partial charge in [0.2, 0.25) is 0 Å². The lowest BCUT2D eigenvalue weighted by Gasteiger charge is -2.14. The predicted molar refractivity (Wildman–Crippen MR) is 172 cm³/mol. The molecule has 0 radical (unpaired) electrons. The summed E-state index contributed by atoms with van der Waals surface area (Å²) in [5.74, 6) is 2.14. The molecule has 0 rings (SSSR count). The van der Waals surface area contributed by atoms with Gasteiger partial charge in [0.05, 0.1) is 13.2 Å². The van der Waals surface area contributed by atoms with Crippen LogP contribution >= 0.6 is 0 Å². The Morgan fingerprint density at radius 1 is 0.450 bits per heavy atom. The van der Waals surface area contributed by atoms with E-state index >= 15 is 0 Å². The second-order valence-corrected chi connectivity index (χ2v) is 13.2. The number of carbonyl (C=O) groups is 2. The third-order valence-electron chi connectivity index (χ3n) is 8.21. The third kappa shape index (κ3) is 29.9. The molecule has 0 amide bonds. The van der Waals surface area contributed by atoms with Crippen molar-refractivity contribution in [2.24, 2.45) is 17.8 Å². The standard InChI is InChI=1S/C36H70O4/c1-6-34(28-29-36(38)40-31-23-21-25-33(4)5)26-18-16-14-12-10-8-7-9-11-13-15-17-19-27-35(37)39-30-22-20-24-32(2)3/h32-34H,6-31H2,1-5H3. The Morgan fingerprint density at radius 2 is 0.825 bits per heavy atom. The lowest BCUT2D eigenvalue weighted by atomic mass is 9.93. The van der Waals surface area contributed by atoms with Gasteiger partial charge in [-0.05, 0) is 56.3 Å². The summed E-state index contributed by atoms with van der Waals surface area (Å²) in [5, 5.41) is 0. The average Bonchev–Trinajstić information content (AvgIpc) is 2.91.